The van der Waals surface area contributed by atoms with Crippen LogP contribution in [-0.2, 0) is 22.4 Å². The van der Waals surface area contributed by atoms with Crippen molar-refractivity contribution in [2.24, 2.45) is 0 Å². The Kier molecular flexibility index (Phi) is 10.4. The molecule has 0 saturated heterocycles. The molecule has 0 spiro atoms. The maximum Gasteiger partial charge on any atom is 0.416 e. The Morgan fingerprint density at radius 3 is 2.07 bits per heavy atom. The average molecular weight is 690 g/mol. The summed E-state index contributed by atoms with van der Waals surface area (Å²) in [6.45, 7) is -0.705. The lowest BCUT2D eigenvalue weighted by Gasteiger charge is -2.15. The van der Waals surface area contributed by atoms with E-state index < -0.39 is 45.2 Å². The molecular formula is C29H25F6N3O6S2. The number of thiophene rings is 1. The number of ether oxygens (including phenoxy) is 3. The van der Waals surface area contributed by atoms with Crippen molar-refractivity contribution in [2.75, 3.05) is 32.6 Å². The Morgan fingerprint density at radius 1 is 0.783 bits per heavy atom. The number of para-hydroxylation sites is 1. The number of methoxy groups -OCH3 is 2. The average Bonchev–Trinajstić information content (AvgIpc) is 3.50. The van der Waals surface area contributed by atoms with Crippen molar-refractivity contribution in [1.82, 2.24) is 10.0 Å². The second kappa shape index (κ2) is 13.9. The molecule has 0 radical (unpaired) electrons. The first kappa shape index (κ1) is 34.4. The summed E-state index contributed by atoms with van der Waals surface area (Å²) < 4.78 is 124. The van der Waals surface area contributed by atoms with Crippen LogP contribution in [0.2, 0.25) is 0 Å². The molecule has 2 amide bonds. The van der Waals surface area contributed by atoms with E-state index >= 15 is 0 Å². The zero-order valence-corrected chi connectivity index (χ0v) is 25.5. The number of halogens is 6. The molecule has 4 aromatic rings. The van der Waals surface area contributed by atoms with E-state index in [9.17, 15) is 39.6 Å². The molecule has 0 aliphatic heterocycles. The van der Waals surface area contributed by atoms with Gasteiger partial charge in [-0.15, -0.1) is 11.3 Å². The number of anilines is 1. The van der Waals surface area contributed by atoms with Gasteiger partial charge in [0.15, 0.2) is 11.5 Å². The van der Waals surface area contributed by atoms with Gasteiger partial charge in [-0.05, 0) is 47.8 Å². The van der Waals surface area contributed by atoms with Crippen molar-refractivity contribution in [3.63, 3.8) is 0 Å². The Balaban J connectivity index is 1.42. The number of sulfonamides is 1. The van der Waals surface area contributed by atoms with E-state index in [2.05, 4.69) is 10.0 Å². The van der Waals surface area contributed by atoms with Crippen molar-refractivity contribution in [3.8, 4) is 34.1 Å². The normalized spacial score (nSPS) is 12.0. The molecule has 46 heavy (non-hydrogen) atoms. The van der Waals surface area contributed by atoms with Crippen LogP contribution in [0, 0.1) is 0 Å². The van der Waals surface area contributed by atoms with Crippen LogP contribution in [0.3, 0.4) is 0 Å². The molecule has 0 fully saturated rings. The molecule has 0 saturated carbocycles. The molecule has 3 aromatic carbocycles. The van der Waals surface area contributed by atoms with Gasteiger partial charge in [-0.2, -0.15) is 26.3 Å². The zero-order valence-electron chi connectivity index (χ0n) is 23.9. The van der Waals surface area contributed by atoms with Crippen LogP contribution in [-0.4, -0.2) is 41.8 Å². The maximum absolute atomic E-state index is 13.2. The number of rotatable bonds is 11. The highest BCUT2D eigenvalue weighted by molar-refractivity contribution is 7.91. The summed E-state index contributed by atoms with van der Waals surface area (Å²) in [6, 6.07) is 12.7. The minimum atomic E-state index is -5.09. The first-order valence-corrected chi connectivity index (χ1v) is 15.4. The van der Waals surface area contributed by atoms with E-state index in [-0.39, 0.29) is 23.4 Å². The molecule has 17 heteroatoms. The summed E-state index contributed by atoms with van der Waals surface area (Å²) in [5.74, 6) is 1.64. The highest BCUT2D eigenvalue weighted by Gasteiger charge is 2.37. The van der Waals surface area contributed by atoms with E-state index in [1.165, 1.54) is 14.2 Å². The van der Waals surface area contributed by atoms with Gasteiger partial charge in [0.1, 0.15) is 15.7 Å². The topological polar surface area (TPSA) is 115 Å². The molecule has 4 rings (SSSR count). The van der Waals surface area contributed by atoms with Crippen molar-refractivity contribution in [3.05, 3.63) is 83.2 Å². The molecule has 246 valence electrons. The number of urea groups is 1. The monoisotopic (exact) mass is 689 g/mol. The molecule has 1 heterocycles. The second-order valence-corrected chi connectivity index (χ2v) is 12.2. The minimum Gasteiger partial charge on any atom is -0.493 e. The summed E-state index contributed by atoms with van der Waals surface area (Å²) >= 11 is 0.924. The minimum absolute atomic E-state index is 0.0658. The Hall–Kier alpha value is -4.48. The van der Waals surface area contributed by atoms with Crippen LogP contribution >= 0.6 is 11.3 Å². The Labute approximate surface area is 263 Å². The smallest absolute Gasteiger partial charge is 0.416 e. The van der Waals surface area contributed by atoms with Crippen molar-refractivity contribution < 1.29 is 53.8 Å². The number of hydrogen-bond acceptors (Lipinski definition) is 7. The van der Waals surface area contributed by atoms with Crippen LogP contribution in [0.5, 0.6) is 23.0 Å². The lowest BCUT2D eigenvalue weighted by Crippen LogP contribution is -2.36. The van der Waals surface area contributed by atoms with Crippen molar-refractivity contribution in [1.29, 1.82) is 0 Å². The van der Waals surface area contributed by atoms with E-state index in [1.807, 2.05) is 5.32 Å². The fraction of sp³-hybridized carbons (Fsp3) is 0.207. The van der Waals surface area contributed by atoms with Gasteiger partial charge >= 0.3 is 18.4 Å². The highest BCUT2D eigenvalue weighted by Crippen LogP contribution is 2.41. The van der Waals surface area contributed by atoms with Gasteiger partial charge < -0.3 is 24.8 Å². The Bertz CT molecular complexity index is 1780. The third-order valence-corrected chi connectivity index (χ3v) is 9.13. The number of carbonyl (C=O) groups excluding carboxylic acids is 1. The lowest BCUT2D eigenvalue weighted by atomic mass is 10.1. The Morgan fingerprint density at radius 2 is 1.43 bits per heavy atom. The van der Waals surface area contributed by atoms with Crippen LogP contribution in [0.1, 0.15) is 11.1 Å². The van der Waals surface area contributed by atoms with E-state index in [4.69, 9.17) is 14.2 Å². The maximum atomic E-state index is 13.2. The third-order valence-electron chi connectivity index (χ3n) is 6.18. The summed E-state index contributed by atoms with van der Waals surface area (Å²) in [4.78, 5) is 12.2. The third kappa shape index (κ3) is 8.41. The van der Waals surface area contributed by atoms with Gasteiger partial charge in [0.05, 0.1) is 25.3 Å². The van der Waals surface area contributed by atoms with E-state index in [0.29, 0.717) is 46.3 Å². The van der Waals surface area contributed by atoms with E-state index in [1.54, 1.807) is 53.9 Å². The molecule has 0 atom stereocenters. The van der Waals surface area contributed by atoms with Crippen LogP contribution in [0.25, 0.3) is 11.1 Å². The molecule has 0 unspecified atom stereocenters. The number of benzene rings is 3. The van der Waals surface area contributed by atoms with Crippen LogP contribution < -0.4 is 29.6 Å². The summed E-state index contributed by atoms with van der Waals surface area (Å²) in [5, 5.41) is 5.66. The lowest BCUT2D eigenvalue weighted by molar-refractivity contribution is -0.143. The first-order chi connectivity index (χ1) is 21.6. The molecule has 9 nitrogen and oxygen atoms in total. The number of amides is 2. The molecular weight excluding hydrogens is 664 g/mol. The highest BCUT2D eigenvalue weighted by atomic mass is 32.2. The number of nitrogens with one attached hydrogen (secondary N) is 3. The fourth-order valence-electron chi connectivity index (χ4n) is 4.12. The predicted octanol–water partition coefficient (Wildman–Crippen LogP) is 7.36. The van der Waals surface area contributed by atoms with Gasteiger partial charge in [-0.3, -0.25) is 0 Å². The summed E-state index contributed by atoms with van der Waals surface area (Å²) in [5.41, 5.74) is -3.18. The van der Waals surface area contributed by atoms with Gasteiger partial charge in [0.25, 0.3) is 10.0 Å². The van der Waals surface area contributed by atoms with Gasteiger partial charge in [0.2, 0.25) is 0 Å². The van der Waals surface area contributed by atoms with Crippen molar-refractivity contribution in [2.45, 2.75) is 16.6 Å². The van der Waals surface area contributed by atoms with Gasteiger partial charge in [-0.1, -0.05) is 18.2 Å². The van der Waals surface area contributed by atoms with Crippen LogP contribution in [0.4, 0.5) is 36.8 Å². The SMILES string of the molecule is COc1ccc(Oc2ccccc2-c2ccsc2S(=O)(=O)NCCNC(=O)Nc2cc(C(F)(F)F)cc(C(F)(F)F)c2)cc1OC. The summed E-state index contributed by atoms with van der Waals surface area (Å²) in [6.07, 6.45) is -10.2. The van der Waals surface area contributed by atoms with Gasteiger partial charge in [0, 0.05) is 36.0 Å². The van der Waals surface area contributed by atoms with Crippen LogP contribution in [0.15, 0.2) is 76.3 Å². The predicted molar refractivity (Wildman–Crippen MR) is 158 cm³/mol. The molecule has 3 N–H and O–H groups in total. The standard InChI is InChI=1S/C29H25F6N3O6S2/c1-42-24-8-7-20(16-25(24)43-2)44-23-6-4-3-5-21(23)22-9-12-45-26(22)46(40,41)37-11-10-36-27(39)38-19-14-17(28(30,31)32)13-18(15-19)29(33,34)35/h3-9,12-16,37H,10-11H2,1-2H3,(H2,36,38,39). The quantitative estimate of drug-likeness (QED) is 0.112. The second-order valence-electron chi connectivity index (χ2n) is 9.31. The number of carbonyl (C=O) groups is 1. The number of alkyl halides is 6. The number of hydrogen-bond donors (Lipinski definition) is 3. The molecule has 0 bridgehead atoms. The molecule has 0 aliphatic rings. The largest absolute Gasteiger partial charge is 0.493 e. The van der Waals surface area contributed by atoms with Gasteiger partial charge in [-0.25, -0.2) is 17.9 Å². The zero-order chi connectivity index (χ0) is 33.7. The van der Waals surface area contributed by atoms with E-state index in [0.717, 1.165) is 11.3 Å². The summed E-state index contributed by atoms with van der Waals surface area (Å²) in [7, 11) is -1.19. The molecule has 1 aromatic heterocycles. The molecule has 0 aliphatic carbocycles. The van der Waals surface area contributed by atoms with Crippen molar-refractivity contribution >= 4 is 33.1 Å². The fourth-order valence-corrected chi connectivity index (χ4v) is 6.57. The first-order valence-electron chi connectivity index (χ1n) is 13.0.